The van der Waals surface area contributed by atoms with E-state index in [-0.39, 0.29) is 23.8 Å². The van der Waals surface area contributed by atoms with Crippen LogP contribution in [0.4, 0.5) is 18.0 Å². The van der Waals surface area contributed by atoms with E-state index in [1.807, 2.05) is 16.5 Å². The summed E-state index contributed by atoms with van der Waals surface area (Å²) in [5.41, 5.74) is 2.77. The van der Waals surface area contributed by atoms with Crippen LogP contribution in [0.2, 0.25) is 0 Å². The average Bonchev–Trinajstić information content (AvgIpc) is 3.38. The molecule has 3 aromatic heterocycles. The number of nitrogens with one attached hydrogen (secondary N) is 1. The highest BCUT2D eigenvalue weighted by Crippen LogP contribution is 2.46. The number of rotatable bonds is 6. The van der Waals surface area contributed by atoms with Crippen molar-refractivity contribution in [2.75, 3.05) is 0 Å². The number of nitrogens with zero attached hydrogens (tertiary/aromatic N) is 4. The molecule has 1 N–H and O–H groups in total. The number of hydrogen-bond donors (Lipinski definition) is 1. The molecule has 216 valence electrons. The van der Waals surface area contributed by atoms with Crippen molar-refractivity contribution in [3.63, 3.8) is 0 Å². The van der Waals surface area contributed by atoms with Gasteiger partial charge in [-0.3, -0.25) is 0 Å². The maximum Gasteiger partial charge on any atom is 0.408 e. The lowest BCUT2D eigenvalue weighted by Crippen LogP contribution is -2.44. The quantitative estimate of drug-likeness (QED) is 0.269. The van der Waals surface area contributed by atoms with E-state index >= 15 is 4.39 Å². The summed E-state index contributed by atoms with van der Waals surface area (Å²) in [7, 11) is 0. The van der Waals surface area contributed by atoms with Gasteiger partial charge in [0.15, 0.2) is 5.82 Å². The summed E-state index contributed by atoms with van der Waals surface area (Å²) in [6.07, 6.45) is 2.06. The van der Waals surface area contributed by atoms with Crippen LogP contribution in [0.1, 0.15) is 88.1 Å². The number of fused-ring (bicyclic) bond motifs is 3. The molecule has 10 heteroatoms. The first-order valence-electron chi connectivity index (χ1n) is 13.6. The number of carbonyl (C=O) groups excluding carboxylic acids is 1. The van der Waals surface area contributed by atoms with Crippen molar-refractivity contribution in [1.29, 1.82) is 0 Å². The first-order valence-corrected chi connectivity index (χ1v) is 13.6. The van der Waals surface area contributed by atoms with Crippen molar-refractivity contribution >= 4 is 11.7 Å². The van der Waals surface area contributed by atoms with E-state index < -0.39 is 29.5 Å². The zero-order valence-electron chi connectivity index (χ0n) is 24.0. The fourth-order valence-electron chi connectivity index (χ4n) is 5.50. The van der Waals surface area contributed by atoms with Gasteiger partial charge in [0.1, 0.15) is 17.1 Å². The summed E-state index contributed by atoms with van der Waals surface area (Å²) in [5.74, 6) is -0.211. The Labute approximate surface area is 237 Å². The summed E-state index contributed by atoms with van der Waals surface area (Å²) in [6.45, 7) is 10.9. The number of carbonyl (C=O) groups is 1. The van der Waals surface area contributed by atoms with Crippen molar-refractivity contribution in [3.05, 3.63) is 83.1 Å². The lowest BCUT2D eigenvalue weighted by atomic mass is 9.90. The summed E-state index contributed by atoms with van der Waals surface area (Å²) in [5, 5.41) is 2.77. The summed E-state index contributed by atoms with van der Waals surface area (Å²) in [4.78, 5) is 25.9. The molecule has 3 heterocycles. The lowest BCUT2D eigenvalue weighted by molar-refractivity contribution is 0.0466. The number of alkyl carbamates (subject to hydrolysis) is 1. The summed E-state index contributed by atoms with van der Waals surface area (Å²) in [6, 6.07) is 8.66. The number of amides is 1. The van der Waals surface area contributed by atoms with E-state index in [1.54, 1.807) is 52.9 Å². The molecule has 41 heavy (non-hydrogen) atoms. The molecule has 0 aliphatic heterocycles. The minimum Gasteiger partial charge on any atom is -0.444 e. The number of halogens is 3. The van der Waals surface area contributed by atoms with Gasteiger partial charge in [-0.05, 0) is 52.2 Å². The Morgan fingerprint density at radius 2 is 1.83 bits per heavy atom. The number of alkyl halides is 2. The Balaban J connectivity index is 1.50. The Hall–Kier alpha value is -3.95. The third-order valence-electron chi connectivity index (χ3n) is 7.30. The lowest BCUT2D eigenvalue weighted by Gasteiger charge is -2.27. The van der Waals surface area contributed by atoms with Crippen LogP contribution < -0.4 is 5.32 Å². The maximum atomic E-state index is 15.4. The van der Waals surface area contributed by atoms with Crippen LogP contribution in [0.15, 0.2) is 48.9 Å². The van der Waals surface area contributed by atoms with Crippen molar-refractivity contribution in [3.8, 4) is 11.1 Å². The highest BCUT2D eigenvalue weighted by atomic mass is 19.3. The van der Waals surface area contributed by atoms with Gasteiger partial charge in [-0.25, -0.2) is 32.9 Å². The van der Waals surface area contributed by atoms with Gasteiger partial charge in [0.05, 0.1) is 16.9 Å². The van der Waals surface area contributed by atoms with Crippen molar-refractivity contribution in [1.82, 2.24) is 24.7 Å². The minimum absolute atomic E-state index is 0.0864. The Kier molecular flexibility index (Phi) is 7.29. The minimum atomic E-state index is -2.45. The van der Waals surface area contributed by atoms with Gasteiger partial charge in [0.25, 0.3) is 0 Å². The number of benzene rings is 1. The molecule has 0 fully saturated rings. The van der Waals surface area contributed by atoms with Gasteiger partial charge in [-0.1, -0.05) is 31.2 Å². The smallest absolute Gasteiger partial charge is 0.408 e. The van der Waals surface area contributed by atoms with Crippen molar-refractivity contribution in [2.24, 2.45) is 0 Å². The summed E-state index contributed by atoms with van der Waals surface area (Å²) < 4.78 is 49.3. The molecule has 7 nitrogen and oxygen atoms in total. The van der Waals surface area contributed by atoms with Crippen LogP contribution in [-0.2, 0) is 16.7 Å². The van der Waals surface area contributed by atoms with Crippen LogP contribution in [0.3, 0.4) is 0 Å². The van der Waals surface area contributed by atoms with Crippen LogP contribution in [-0.4, -0.2) is 37.5 Å². The van der Waals surface area contributed by atoms with Gasteiger partial charge >= 0.3 is 6.09 Å². The SMILES string of the molecule is C[C@@H]1C[C@H](c2ccccc2CC(F)F)c2c1nc1cc(F)c(-c3cnc(C(C)(C)NC(=O)OC(C)(C)C)nc3)cn21. The van der Waals surface area contributed by atoms with Gasteiger partial charge in [0, 0.05) is 54.0 Å². The van der Waals surface area contributed by atoms with Crippen molar-refractivity contribution in [2.45, 2.75) is 83.8 Å². The van der Waals surface area contributed by atoms with Crippen molar-refractivity contribution < 1.29 is 22.7 Å². The second-order valence-corrected chi connectivity index (χ2v) is 12.2. The van der Waals surface area contributed by atoms with E-state index in [4.69, 9.17) is 9.72 Å². The number of imidazole rings is 1. The Morgan fingerprint density at radius 3 is 2.49 bits per heavy atom. The number of pyridine rings is 1. The average molecular weight is 566 g/mol. The molecule has 2 atom stereocenters. The zero-order chi connectivity index (χ0) is 29.7. The first kappa shape index (κ1) is 28.6. The second kappa shape index (κ2) is 10.5. The molecule has 0 saturated carbocycles. The number of aromatic nitrogens is 4. The molecular weight excluding hydrogens is 531 g/mol. The number of hydrogen-bond acceptors (Lipinski definition) is 5. The molecule has 0 bridgehead atoms. The van der Waals surface area contributed by atoms with Gasteiger partial charge in [-0.2, -0.15) is 0 Å². The molecule has 1 amide bonds. The van der Waals surface area contributed by atoms with Crippen LogP contribution in [0.25, 0.3) is 16.8 Å². The topological polar surface area (TPSA) is 81.4 Å². The number of ether oxygens (including phenoxy) is 1. The third-order valence-corrected chi connectivity index (χ3v) is 7.30. The second-order valence-electron chi connectivity index (χ2n) is 12.2. The van der Waals surface area contributed by atoms with Gasteiger partial charge in [-0.15, -0.1) is 0 Å². The molecule has 0 radical (unpaired) electrons. The fourth-order valence-corrected chi connectivity index (χ4v) is 5.50. The Bertz CT molecular complexity index is 1590. The molecular formula is C31H34F3N5O2. The molecule has 1 aliphatic rings. The first-order chi connectivity index (χ1) is 19.2. The van der Waals surface area contributed by atoms with Crippen LogP contribution >= 0.6 is 0 Å². The fraction of sp³-hybridized carbons (Fsp3) is 0.419. The van der Waals surface area contributed by atoms with E-state index in [0.29, 0.717) is 22.6 Å². The molecule has 1 aromatic carbocycles. The highest BCUT2D eigenvalue weighted by molar-refractivity contribution is 5.69. The van der Waals surface area contributed by atoms with Gasteiger partial charge < -0.3 is 14.5 Å². The van der Waals surface area contributed by atoms with E-state index in [1.165, 1.54) is 18.5 Å². The Morgan fingerprint density at radius 1 is 1.15 bits per heavy atom. The standard InChI is InChI=1S/C31H34F3N5O2/c1-17-11-21(20-10-8-7-9-18(20)12-24(33)34)27-26(17)37-25-13-23(32)22(16-39(25)27)19-14-35-28(36-15-19)31(5,6)38-29(40)41-30(2,3)4/h7-10,13-17,21,24H,11-12H2,1-6H3,(H,38,40)/t17-,21-/m1/s1. The van der Waals surface area contributed by atoms with E-state index in [0.717, 1.165) is 23.4 Å². The molecule has 5 rings (SSSR count). The summed E-state index contributed by atoms with van der Waals surface area (Å²) >= 11 is 0. The largest absolute Gasteiger partial charge is 0.444 e. The molecule has 1 aliphatic carbocycles. The maximum absolute atomic E-state index is 15.4. The monoisotopic (exact) mass is 565 g/mol. The molecule has 4 aromatic rings. The van der Waals surface area contributed by atoms with E-state index in [2.05, 4.69) is 22.2 Å². The van der Waals surface area contributed by atoms with E-state index in [9.17, 15) is 13.6 Å². The normalized spacial score (nSPS) is 17.2. The molecule has 0 saturated heterocycles. The van der Waals surface area contributed by atoms with Crippen LogP contribution in [0.5, 0.6) is 0 Å². The predicted molar refractivity (Wildman–Crippen MR) is 150 cm³/mol. The third kappa shape index (κ3) is 5.78. The van der Waals surface area contributed by atoms with Crippen LogP contribution in [0, 0.1) is 5.82 Å². The molecule has 0 spiro atoms. The highest BCUT2D eigenvalue weighted by Gasteiger charge is 2.36. The molecule has 0 unspecified atom stereocenters. The zero-order valence-corrected chi connectivity index (χ0v) is 24.0. The predicted octanol–water partition coefficient (Wildman–Crippen LogP) is 7.14. The van der Waals surface area contributed by atoms with Gasteiger partial charge in [0.2, 0.25) is 6.43 Å².